The van der Waals surface area contributed by atoms with E-state index in [-0.39, 0.29) is 0 Å². The summed E-state index contributed by atoms with van der Waals surface area (Å²) in [5, 5.41) is 0.762. The Bertz CT molecular complexity index is 530. The highest BCUT2D eigenvalue weighted by Crippen LogP contribution is 2.46. The van der Waals surface area contributed by atoms with E-state index >= 15 is 0 Å². The number of aryl methyl sites for hydroxylation is 1. The number of fused-ring (bicyclic) bond motifs is 2. The molecule has 2 bridgehead atoms. The smallest absolute Gasteiger partial charge is 0.162 e. The van der Waals surface area contributed by atoms with Crippen LogP contribution in [0.1, 0.15) is 37.3 Å². The number of hydrogen-bond acceptors (Lipinski definition) is 1. The third-order valence-corrected chi connectivity index (χ3v) is 4.68. The SMILES string of the molecule is CCc1cccc(Cl)c1C=C1C(=O)C2CCC1C2. The van der Waals surface area contributed by atoms with E-state index in [0.717, 1.165) is 35.4 Å². The second kappa shape index (κ2) is 4.55. The van der Waals surface area contributed by atoms with Gasteiger partial charge in [0.05, 0.1) is 0 Å². The van der Waals surface area contributed by atoms with Gasteiger partial charge in [-0.25, -0.2) is 0 Å². The van der Waals surface area contributed by atoms with Crippen LogP contribution in [0.5, 0.6) is 0 Å². The van der Waals surface area contributed by atoms with Crippen LogP contribution in [0.2, 0.25) is 5.02 Å². The standard InChI is InChI=1S/C16H17ClO/c1-2-10-4-3-5-15(17)13(10)9-14-11-6-7-12(8-11)16(14)18/h3-5,9,11-12H,2,6-8H2,1H3. The summed E-state index contributed by atoms with van der Waals surface area (Å²) in [5.74, 6) is 1.16. The van der Waals surface area contributed by atoms with Crippen LogP contribution in [0.3, 0.4) is 0 Å². The van der Waals surface area contributed by atoms with Gasteiger partial charge in [-0.05, 0) is 60.4 Å². The summed E-state index contributed by atoms with van der Waals surface area (Å²) in [5.41, 5.74) is 3.30. The van der Waals surface area contributed by atoms with Gasteiger partial charge in [0, 0.05) is 10.9 Å². The molecule has 2 fully saturated rings. The van der Waals surface area contributed by atoms with Crippen molar-refractivity contribution in [1.82, 2.24) is 0 Å². The van der Waals surface area contributed by atoms with Gasteiger partial charge in [0.1, 0.15) is 0 Å². The summed E-state index contributed by atoms with van der Waals surface area (Å²) in [7, 11) is 0. The van der Waals surface area contributed by atoms with Gasteiger partial charge in [-0.1, -0.05) is 30.7 Å². The van der Waals surface area contributed by atoms with Gasteiger partial charge < -0.3 is 0 Å². The van der Waals surface area contributed by atoms with Crippen LogP contribution in [-0.2, 0) is 11.2 Å². The highest BCUT2D eigenvalue weighted by atomic mass is 35.5. The number of carbonyl (C=O) groups is 1. The highest BCUT2D eigenvalue weighted by Gasteiger charge is 2.42. The van der Waals surface area contributed by atoms with Gasteiger partial charge in [0.15, 0.2) is 5.78 Å². The van der Waals surface area contributed by atoms with Crippen molar-refractivity contribution in [2.24, 2.45) is 11.8 Å². The third kappa shape index (κ3) is 1.81. The largest absolute Gasteiger partial charge is 0.294 e. The second-order valence-electron chi connectivity index (χ2n) is 5.34. The minimum absolute atomic E-state index is 0.300. The molecule has 0 N–H and O–H groups in total. The maximum atomic E-state index is 12.2. The zero-order valence-electron chi connectivity index (χ0n) is 10.6. The number of hydrogen-bond donors (Lipinski definition) is 0. The molecular weight excluding hydrogens is 244 g/mol. The zero-order valence-corrected chi connectivity index (χ0v) is 11.3. The molecule has 18 heavy (non-hydrogen) atoms. The Kier molecular flexibility index (Phi) is 3.03. The fourth-order valence-corrected chi connectivity index (χ4v) is 3.58. The van der Waals surface area contributed by atoms with Gasteiger partial charge in [0.2, 0.25) is 0 Å². The minimum Gasteiger partial charge on any atom is -0.294 e. The monoisotopic (exact) mass is 260 g/mol. The molecule has 0 amide bonds. The Morgan fingerprint density at radius 3 is 2.78 bits per heavy atom. The molecule has 1 aromatic carbocycles. The molecule has 2 unspecified atom stereocenters. The average molecular weight is 261 g/mol. The van der Waals surface area contributed by atoms with Crippen molar-refractivity contribution in [3.05, 3.63) is 39.9 Å². The Morgan fingerprint density at radius 1 is 1.33 bits per heavy atom. The predicted octanol–water partition coefficient (Wildman–Crippen LogP) is 4.28. The summed E-state index contributed by atoms with van der Waals surface area (Å²) in [6.45, 7) is 2.12. The number of carbonyl (C=O) groups excluding carboxylic acids is 1. The molecule has 94 valence electrons. The lowest BCUT2D eigenvalue weighted by Gasteiger charge is -2.14. The van der Waals surface area contributed by atoms with Crippen LogP contribution in [0, 0.1) is 11.8 Å². The van der Waals surface area contributed by atoms with Crippen LogP contribution in [0.15, 0.2) is 23.8 Å². The van der Waals surface area contributed by atoms with Gasteiger partial charge in [-0.15, -0.1) is 0 Å². The van der Waals surface area contributed by atoms with Crippen LogP contribution in [0.25, 0.3) is 6.08 Å². The van der Waals surface area contributed by atoms with Crippen molar-refractivity contribution in [1.29, 1.82) is 0 Å². The Labute approximate surface area is 113 Å². The van der Waals surface area contributed by atoms with Crippen LogP contribution < -0.4 is 0 Å². The molecule has 2 aliphatic rings. The van der Waals surface area contributed by atoms with Crippen molar-refractivity contribution in [2.45, 2.75) is 32.6 Å². The molecule has 0 aromatic heterocycles. The van der Waals surface area contributed by atoms with Crippen LogP contribution in [0.4, 0.5) is 0 Å². The zero-order chi connectivity index (χ0) is 12.7. The van der Waals surface area contributed by atoms with Crippen molar-refractivity contribution in [3.63, 3.8) is 0 Å². The summed E-state index contributed by atoms with van der Waals surface area (Å²) in [4.78, 5) is 12.2. The van der Waals surface area contributed by atoms with E-state index in [9.17, 15) is 4.79 Å². The molecule has 0 aliphatic heterocycles. The van der Waals surface area contributed by atoms with Crippen molar-refractivity contribution >= 4 is 23.5 Å². The molecule has 0 saturated heterocycles. The normalized spacial score (nSPS) is 28.3. The lowest BCUT2D eigenvalue weighted by molar-refractivity contribution is -0.118. The third-order valence-electron chi connectivity index (χ3n) is 4.35. The van der Waals surface area contributed by atoms with E-state index in [1.54, 1.807) is 0 Å². The maximum Gasteiger partial charge on any atom is 0.162 e. The second-order valence-corrected chi connectivity index (χ2v) is 5.74. The molecule has 0 spiro atoms. The number of rotatable bonds is 2. The van der Waals surface area contributed by atoms with E-state index in [4.69, 9.17) is 11.6 Å². The quantitative estimate of drug-likeness (QED) is 0.725. The van der Waals surface area contributed by atoms with Gasteiger partial charge in [-0.2, -0.15) is 0 Å². The fraction of sp³-hybridized carbons (Fsp3) is 0.438. The average Bonchev–Trinajstić information content (AvgIpc) is 2.95. The van der Waals surface area contributed by atoms with E-state index < -0.39 is 0 Å². The number of allylic oxidation sites excluding steroid dienone is 1. The van der Waals surface area contributed by atoms with E-state index in [2.05, 4.69) is 19.1 Å². The minimum atomic E-state index is 0.300. The molecule has 2 aliphatic carbocycles. The van der Waals surface area contributed by atoms with Crippen molar-refractivity contribution in [3.8, 4) is 0 Å². The first-order valence-electron chi connectivity index (χ1n) is 6.74. The van der Waals surface area contributed by atoms with E-state index in [1.165, 1.54) is 12.0 Å². The van der Waals surface area contributed by atoms with Crippen LogP contribution in [-0.4, -0.2) is 5.78 Å². The molecule has 0 radical (unpaired) electrons. The molecule has 1 nitrogen and oxygen atoms in total. The van der Waals surface area contributed by atoms with Gasteiger partial charge in [-0.3, -0.25) is 4.79 Å². The summed E-state index contributed by atoms with van der Waals surface area (Å²) >= 11 is 6.28. The van der Waals surface area contributed by atoms with Crippen LogP contribution >= 0.6 is 11.6 Å². The Morgan fingerprint density at radius 2 is 2.11 bits per heavy atom. The number of Topliss-reactive ketones (excluding diaryl/α,β-unsaturated/α-hetero) is 1. The topological polar surface area (TPSA) is 17.1 Å². The molecule has 2 saturated carbocycles. The number of halogens is 1. The molecule has 2 heteroatoms. The molecule has 0 heterocycles. The molecule has 1 aromatic rings. The summed E-state index contributed by atoms with van der Waals surface area (Å²) < 4.78 is 0. The number of ketones is 1. The van der Waals surface area contributed by atoms with Gasteiger partial charge in [0.25, 0.3) is 0 Å². The first-order chi connectivity index (χ1) is 8.70. The molecular formula is C16H17ClO. The highest BCUT2D eigenvalue weighted by molar-refractivity contribution is 6.32. The first-order valence-corrected chi connectivity index (χ1v) is 7.11. The van der Waals surface area contributed by atoms with E-state index in [0.29, 0.717) is 17.6 Å². The summed E-state index contributed by atoms with van der Waals surface area (Å²) in [6.07, 6.45) is 6.34. The maximum absolute atomic E-state index is 12.2. The predicted molar refractivity (Wildman–Crippen MR) is 74.6 cm³/mol. The molecule has 2 atom stereocenters. The first kappa shape index (κ1) is 12.0. The fourth-order valence-electron chi connectivity index (χ4n) is 3.34. The summed E-state index contributed by atoms with van der Waals surface area (Å²) in [6, 6.07) is 5.98. The number of benzene rings is 1. The Hall–Kier alpha value is -1.08. The lowest BCUT2D eigenvalue weighted by Crippen LogP contribution is -2.12. The van der Waals surface area contributed by atoms with Gasteiger partial charge >= 0.3 is 0 Å². The Balaban J connectivity index is 2.04. The van der Waals surface area contributed by atoms with Crippen molar-refractivity contribution in [2.75, 3.05) is 0 Å². The van der Waals surface area contributed by atoms with Crippen molar-refractivity contribution < 1.29 is 4.79 Å². The lowest BCUT2D eigenvalue weighted by atomic mass is 9.91. The molecule has 3 rings (SSSR count). The van der Waals surface area contributed by atoms with E-state index in [1.807, 2.05) is 12.1 Å².